The topological polar surface area (TPSA) is 28.2 Å². The minimum Gasteiger partial charge on any atom is -0.383 e. The highest BCUT2D eigenvalue weighted by Gasteiger charge is 2.09. The van der Waals surface area contributed by atoms with E-state index in [1.165, 1.54) is 5.69 Å². The highest BCUT2D eigenvalue weighted by molar-refractivity contribution is 6.29. The lowest BCUT2D eigenvalue weighted by Crippen LogP contribution is -2.34. The highest BCUT2D eigenvalue weighted by Crippen LogP contribution is 2.16. The predicted molar refractivity (Wildman–Crippen MR) is 82.0 cm³/mol. The van der Waals surface area contributed by atoms with Gasteiger partial charge in [0.1, 0.15) is 5.15 Å². The first-order chi connectivity index (χ1) is 9.16. The molecule has 0 amide bonds. The van der Waals surface area contributed by atoms with E-state index in [1.54, 1.807) is 6.20 Å². The number of aromatic nitrogens is 1. The van der Waals surface area contributed by atoms with Crippen molar-refractivity contribution in [2.24, 2.45) is 0 Å². The maximum atomic E-state index is 5.86. The zero-order valence-corrected chi connectivity index (χ0v) is 11.9. The number of halogens is 1. The summed E-state index contributed by atoms with van der Waals surface area (Å²) < 4.78 is 0. The Morgan fingerprint density at radius 2 is 2.00 bits per heavy atom. The van der Waals surface area contributed by atoms with Crippen LogP contribution >= 0.6 is 11.6 Å². The van der Waals surface area contributed by atoms with Crippen molar-refractivity contribution in [1.29, 1.82) is 0 Å². The van der Waals surface area contributed by atoms with E-state index in [1.807, 2.05) is 18.2 Å². The van der Waals surface area contributed by atoms with Crippen LogP contribution in [-0.2, 0) is 0 Å². The van der Waals surface area contributed by atoms with Crippen molar-refractivity contribution >= 4 is 23.0 Å². The van der Waals surface area contributed by atoms with E-state index in [9.17, 15) is 0 Å². The van der Waals surface area contributed by atoms with Gasteiger partial charge >= 0.3 is 0 Å². The predicted octanol–water partition coefficient (Wildman–Crippen LogP) is 3.67. The Balaban J connectivity index is 1.92. The van der Waals surface area contributed by atoms with E-state index in [2.05, 4.69) is 53.4 Å². The number of pyridine rings is 1. The van der Waals surface area contributed by atoms with Crippen molar-refractivity contribution in [2.75, 3.05) is 23.8 Å². The number of hydrogen-bond acceptors (Lipinski definition) is 3. The van der Waals surface area contributed by atoms with E-state index in [0.717, 1.165) is 12.2 Å². The molecule has 1 atom stereocenters. The van der Waals surface area contributed by atoms with Crippen LogP contribution in [0, 0.1) is 0 Å². The smallest absolute Gasteiger partial charge is 0.131 e. The van der Waals surface area contributed by atoms with Gasteiger partial charge in [0.15, 0.2) is 0 Å². The van der Waals surface area contributed by atoms with E-state index in [0.29, 0.717) is 11.2 Å². The molecule has 100 valence electrons. The fourth-order valence-corrected chi connectivity index (χ4v) is 2.01. The van der Waals surface area contributed by atoms with Crippen molar-refractivity contribution in [3.8, 4) is 0 Å². The Bertz CT molecular complexity index is 516. The summed E-state index contributed by atoms with van der Waals surface area (Å²) in [4.78, 5) is 6.21. The lowest BCUT2D eigenvalue weighted by atomic mass is 10.2. The standard InChI is InChI=1S/C15H18ClN3/c1-12(19(2)14-6-4-3-5-7-14)11-18-13-8-9-17-15(16)10-13/h3-10,12H,11H2,1-2H3,(H,17,18). The van der Waals surface area contributed by atoms with Gasteiger partial charge in [-0.3, -0.25) is 0 Å². The zero-order valence-electron chi connectivity index (χ0n) is 11.2. The van der Waals surface area contributed by atoms with Crippen LogP contribution in [0.5, 0.6) is 0 Å². The van der Waals surface area contributed by atoms with Gasteiger partial charge in [-0.25, -0.2) is 4.98 Å². The van der Waals surface area contributed by atoms with Gasteiger partial charge < -0.3 is 10.2 Å². The summed E-state index contributed by atoms with van der Waals surface area (Å²) >= 11 is 5.86. The molecule has 0 saturated heterocycles. The summed E-state index contributed by atoms with van der Waals surface area (Å²) in [6.07, 6.45) is 1.70. The van der Waals surface area contributed by atoms with Crippen LogP contribution in [-0.4, -0.2) is 24.6 Å². The lowest BCUT2D eigenvalue weighted by Gasteiger charge is -2.27. The molecule has 0 spiro atoms. The Morgan fingerprint density at radius 1 is 1.26 bits per heavy atom. The van der Waals surface area contributed by atoms with E-state index in [-0.39, 0.29) is 0 Å². The molecule has 1 N–H and O–H groups in total. The van der Waals surface area contributed by atoms with Crippen molar-refractivity contribution in [1.82, 2.24) is 4.98 Å². The third-order valence-electron chi connectivity index (χ3n) is 3.15. The van der Waals surface area contributed by atoms with Gasteiger partial charge in [-0.05, 0) is 31.2 Å². The molecule has 4 heteroatoms. The second-order valence-electron chi connectivity index (χ2n) is 4.54. The van der Waals surface area contributed by atoms with Gasteiger partial charge in [0.25, 0.3) is 0 Å². The number of nitrogens with one attached hydrogen (secondary N) is 1. The Labute approximate surface area is 119 Å². The van der Waals surface area contributed by atoms with Crippen LogP contribution in [0.1, 0.15) is 6.92 Å². The molecule has 1 aromatic heterocycles. The molecule has 2 rings (SSSR count). The van der Waals surface area contributed by atoms with Crippen molar-refractivity contribution in [2.45, 2.75) is 13.0 Å². The molecule has 0 bridgehead atoms. The second-order valence-corrected chi connectivity index (χ2v) is 4.93. The van der Waals surface area contributed by atoms with Crippen LogP contribution in [0.4, 0.5) is 11.4 Å². The first kappa shape index (κ1) is 13.7. The number of likely N-dealkylation sites (N-methyl/N-ethyl adjacent to an activating group) is 1. The lowest BCUT2D eigenvalue weighted by molar-refractivity contribution is 0.716. The molecule has 0 aliphatic heterocycles. The third-order valence-corrected chi connectivity index (χ3v) is 3.36. The Kier molecular flexibility index (Phi) is 4.63. The van der Waals surface area contributed by atoms with Crippen molar-refractivity contribution in [3.63, 3.8) is 0 Å². The number of anilines is 2. The largest absolute Gasteiger partial charge is 0.383 e. The fraction of sp³-hybridized carbons (Fsp3) is 0.267. The summed E-state index contributed by atoms with van der Waals surface area (Å²) in [7, 11) is 2.10. The van der Waals surface area contributed by atoms with Crippen LogP contribution in [0.2, 0.25) is 5.15 Å². The van der Waals surface area contributed by atoms with Gasteiger partial charge in [-0.1, -0.05) is 29.8 Å². The maximum absolute atomic E-state index is 5.86. The average Bonchev–Trinajstić information content (AvgIpc) is 2.45. The number of hydrogen-bond donors (Lipinski definition) is 1. The molecule has 1 heterocycles. The summed E-state index contributed by atoms with van der Waals surface area (Å²) in [6.45, 7) is 3.02. The molecule has 0 aliphatic carbocycles. The van der Waals surface area contributed by atoms with E-state index in [4.69, 9.17) is 11.6 Å². The molecule has 0 saturated carbocycles. The minimum absolute atomic E-state index is 0.370. The van der Waals surface area contributed by atoms with Gasteiger partial charge in [0.2, 0.25) is 0 Å². The van der Waals surface area contributed by atoms with Crippen LogP contribution < -0.4 is 10.2 Å². The molecule has 3 nitrogen and oxygen atoms in total. The van der Waals surface area contributed by atoms with Gasteiger partial charge in [-0.2, -0.15) is 0 Å². The van der Waals surface area contributed by atoms with E-state index < -0.39 is 0 Å². The molecule has 0 fully saturated rings. The molecule has 0 radical (unpaired) electrons. The summed E-state index contributed by atoms with van der Waals surface area (Å²) in [6, 6.07) is 14.5. The van der Waals surface area contributed by atoms with Gasteiger partial charge in [-0.15, -0.1) is 0 Å². The normalized spacial score (nSPS) is 11.9. The summed E-state index contributed by atoms with van der Waals surface area (Å²) in [5.74, 6) is 0. The highest BCUT2D eigenvalue weighted by atomic mass is 35.5. The van der Waals surface area contributed by atoms with Crippen molar-refractivity contribution in [3.05, 3.63) is 53.8 Å². The first-order valence-corrected chi connectivity index (χ1v) is 6.68. The van der Waals surface area contributed by atoms with Gasteiger partial charge in [0.05, 0.1) is 0 Å². The van der Waals surface area contributed by atoms with Crippen molar-refractivity contribution < 1.29 is 0 Å². The molecule has 0 aliphatic rings. The Hall–Kier alpha value is -1.74. The SMILES string of the molecule is CC(CNc1ccnc(Cl)c1)N(C)c1ccccc1. The molecule has 19 heavy (non-hydrogen) atoms. The number of benzene rings is 1. The quantitative estimate of drug-likeness (QED) is 0.844. The zero-order chi connectivity index (χ0) is 13.7. The van der Waals surface area contributed by atoms with Crippen LogP contribution in [0.25, 0.3) is 0 Å². The maximum Gasteiger partial charge on any atom is 0.131 e. The monoisotopic (exact) mass is 275 g/mol. The minimum atomic E-state index is 0.370. The number of nitrogens with zero attached hydrogens (tertiary/aromatic N) is 2. The summed E-state index contributed by atoms with van der Waals surface area (Å²) in [5.41, 5.74) is 2.21. The van der Waals surface area contributed by atoms with Crippen LogP contribution in [0.3, 0.4) is 0 Å². The average molecular weight is 276 g/mol. The van der Waals surface area contributed by atoms with Crippen LogP contribution in [0.15, 0.2) is 48.7 Å². The number of rotatable bonds is 5. The molecule has 1 unspecified atom stereocenters. The first-order valence-electron chi connectivity index (χ1n) is 6.30. The van der Waals surface area contributed by atoms with Gasteiger partial charge in [0, 0.05) is 37.2 Å². The van der Waals surface area contributed by atoms with E-state index >= 15 is 0 Å². The third kappa shape index (κ3) is 3.86. The second kappa shape index (κ2) is 6.43. The number of para-hydroxylation sites is 1. The fourth-order valence-electron chi connectivity index (χ4n) is 1.83. The Morgan fingerprint density at radius 3 is 2.68 bits per heavy atom. The molecule has 1 aromatic carbocycles. The summed E-state index contributed by atoms with van der Waals surface area (Å²) in [5, 5.41) is 3.88. The molecule has 2 aromatic rings. The molecular weight excluding hydrogens is 258 g/mol. The molecular formula is C15H18ClN3.